The Bertz CT molecular complexity index is 880. The molecule has 0 bridgehead atoms. The van der Waals surface area contributed by atoms with Crippen LogP contribution in [-0.2, 0) is 14.6 Å². The molecule has 0 radical (unpaired) electrons. The third-order valence-corrected chi connectivity index (χ3v) is 6.90. The molecule has 0 spiro atoms. The Morgan fingerprint density at radius 1 is 1.42 bits per heavy atom. The van der Waals surface area contributed by atoms with Crippen LogP contribution >= 0.6 is 11.8 Å². The lowest BCUT2D eigenvalue weighted by Crippen LogP contribution is -2.38. The van der Waals surface area contributed by atoms with E-state index in [1.165, 1.54) is 11.0 Å². The highest BCUT2D eigenvalue weighted by molar-refractivity contribution is 8.16. The van der Waals surface area contributed by atoms with E-state index in [9.17, 15) is 22.0 Å². The van der Waals surface area contributed by atoms with Crippen molar-refractivity contribution in [2.75, 3.05) is 16.4 Å². The fourth-order valence-electron chi connectivity index (χ4n) is 2.74. The average Bonchev–Trinajstić information content (AvgIpc) is 2.91. The van der Waals surface area contributed by atoms with Crippen molar-refractivity contribution in [2.24, 2.45) is 4.99 Å². The predicted molar refractivity (Wildman–Crippen MR) is 85.3 cm³/mol. The fourth-order valence-corrected chi connectivity index (χ4v) is 6.66. The Balaban J connectivity index is 2.05. The highest BCUT2D eigenvalue weighted by Crippen LogP contribution is 2.41. The first-order chi connectivity index (χ1) is 11.3. The molecule has 3 rings (SSSR count). The van der Waals surface area contributed by atoms with Crippen LogP contribution in [0.1, 0.15) is 6.42 Å². The fraction of sp³-hybridized carbons (Fsp3) is 0.357. The second-order valence-corrected chi connectivity index (χ2v) is 8.75. The molecule has 0 unspecified atom stereocenters. The van der Waals surface area contributed by atoms with Crippen molar-refractivity contribution in [1.29, 1.82) is 5.26 Å². The van der Waals surface area contributed by atoms with Crippen LogP contribution in [0, 0.1) is 23.0 Å². The smallest absolute Gasteiger partial charge is 0.262 e. The van der Waals surface area contributed by atoms with Gasteiger partial charge < -0.3 is 4.90 Å². The van der Waals surface area contributed by atoms with Crippen LogP contribution in [0.3, 0.4) is 0 Å². The number of carbonyl (C=O) groups excluding carboxylic acids is 1. The van der Waals surface area contributed by atoms with Gasteiger partial charge in [0.25, 0.3) is 5.91 Å². The number of aliphatic imine (C=N–C) groups is 1. The number of anilines is 1. The quantitative estimate of drug-likeness (QED) is 0.782. The van der Waals surface area contributed by atoms with Crippen LogP contribution in [0.25, 0.3) is 0 Å². The van der Waals surface area contributed by atoms with Gasteiger partial charge in [0.1, 0.15) is 18.1 Å². The molecule has 2 aliphatic rings. The molecule has 24 heavy (non-hydrogen) atoms. The highest BCUT2D eigenvalue weighted by atomic mass is 32.2. The first kappa shape index (κ1) is 16.9. The molecule has 126 valence electrons. The number of thioether (sulfide) groups is 1. The molecule has 0 saturated carbocycles. The lowest BCUT2D eigenvalue weighted by molar-refractivity contribution is -0.116. The van der Waals surface area contributed by atoms with E-state index in [4.69, 9.17) is 5.26 Å². The second-order valence-electron chi connectivity index (χ2n) is 5.39. The van der Waals surface area contributed by atoms with Gasteiger partial charge in [0.15, 0.2) is 15.0 Å². The average molecular weight is 371 g/mol. The highest BCUT2D eigenvalue weighted by Gasteiger charge is 2.50. The van der Waals surface area contributed by atoms with Crippen LogP contribution in [-0.4, -0.2) is 42.3 Å². The van der Waals surface area contributed by atoms with Gasteiger partial charge >= 0.3 is 0 Å². The van der Waals surface area contributed by atoms with E-state index < -0.39 is 45.1 Å². The summed E-state index contributed by atoms with van der Waals surface area (Å²) in [6.07, 6.45) is -0.433. The van der Waals surface area contributed by atoms with Crippen molar-refractivity contribution in [2.45, 2.75) is 17.7 Å². The monoisotopic (exact) mass is 371 g/mol. The molecule has 2 atom stereocenters. The largest absolute Gasteiger partial charge is 0.313 e. The number of hydrogen-bond acceptors (Lipinski definition) is 5. The summed E-state index contributed by atoms with van der Waals surface area (Å²) in [7, 11) is -3.28. The Morgan fingerprint density at radius 3 is 2.83 bits per heavy atom. The molecule has 0 aliphatic carbocycles. The number of fused-ring (bicyclic) bond motifs is 1. The van der Waals surface area contributed by atoms with Gasteiger partial charge in [0.2, 0.25) is 0 Å². The summed E-state index contributed by atoms with van der Waals surface area (Å²) in [5, 5.41) is 8.29. The van der Waals surface area contributed by atoms with Gasteiger partial charge in [0.05, 0.1) is 29.3 Å². The first-order valence-electron chi connectivity index (χ1n) is 6.90. The SMILES string of the molecule is N#CCC(=O)N=C1S[C@H]2CS(=O)(=O)C[C@@H]2N1c1ccc(F)cc1F. The maximum Gasteiger partial charge on any atom is 0.262 e. The Hall–Kier alpha value is -1.99. The molecule has 1 amide bonds. The molecule has 2 saturated heterocycles. The third kappa shape index (κ3) is 3.14. The summed E-state index contributed by atoms with van der Waals surface area (Å²) in [5.74, 6) is -2.64. The van der Waals surface area contributed by atoms with Gasteiger partial charge in [-0.25, -0.2) is 17.2 Å². The van der Waals surface area contributed by atoms with E-state index in [0.29, 0.717) is 6.07 Å². The van der Waals surface area contributed by atoms with Crippen LogP contribution in [0.5, 0.6) is 0 Å². The number of amides is 1. The number of amidine groups is 1. The molecule has 10 heteroatoms. The summed E-state index contributed by atoms with van der Waals surface area (Å²) in [6, 6.07) is 4.00. The van der Waals surface area contributed by atoms with Crippen molar-refractivity contribution < 1.29 is 22.0 Å². The number of benzene rings is 1. The number of hydrogen-bond donors (Lipinski definition) is 0. The zero-order valence-corrected chi connectivity index (χ0v) is 13.8. The summed E-state index contributed by atoms with van der Waals surface area (Å²) in [6.45, 7) is 0. The zero-order valence-electron chi connectivity index (χ0n) is 12.1. The summed E-state index contributed by atoms with van der Waals surface area (Å²) < 4.78 is 51.0. The number of sulfone groups is 1. The van der Waals surface area contributed by atoms with E-state index in [0.717, 1.165) is 17.8 Å². The van der Waals surface area contributed by atoms with Crippen molar-refractivity contribution >= 4 is 38.4 Å². The normalized spacial score (nSPS) is 26.4. The van der Waals surface area contributed by atoms with Gasteiger partial charge in [-0.1, -0.05) is 11.8 Å². The standard InChI is InChI=1S/C14H11F2N3O3S2/c15-8-1-2-10(9(16)5-8)19-11-6-24(21,22)7-12(11)23-14(19)18-13(20)3-4-17/h1-2,5,11-12H,3,6-7H2/t11-,12-/m0/s1. The Morgan fingerprint density at radius 2 is 2.17 bits per heavy atom. The molecule has 6 nitrogen and oxygen atoms in total. The lowest BCUT2D eigenvalue weighted by Gasteiger charge is -2.24. The Labute approximate surface area is 141 Å². The lowest BCUT2D eigenvalue weighted by atomic mass is 10.2. The molecule has 2 heterocycles. The van der Waals surface area contributed by atoms with Gasteiger partial charge in [-0.05, 0) is 12.1 Å². The maximum absolute atomic E-state index is 14.2. The Kier molecular flexibility index (Phi) is 4.31. The number of carbonyl (C=O) groups is 1. The summed E-state index contributed by atoms with van der Waals surface area (Å²) in [5.41, 5.74) is -0.0444. The minimum Gasteiger partial charge on any atom is -0.313 e. The zero-order chi connectivity index (χ0) is 17.5. The van der Waals surface area contributed by atoms with Crippen LogP contribution in [0.4, 0.5) is 14.5 Å². The van der Waals surface area contributed by atoms with Crippen LogP contribution in [0.2, 0.25) is 0 Å². The maximum atomic E-state index is 14.2. The van der Waals surface area contributed by atoms with E-state index >= 15 is 0 Å². The number of rotatable bonds is 2. The number of nitrogens with zero attached hydrogens (tertiary/aromatic N) is 3. The number of nitriles is 1. The van der Waals surface area contributed by atoms with E-state index in [1.807, 2.05) is 0 Å². The van der Waals surface area contributed by atoms with Gasteiger partial charge in [-0.2, -0.15) is 10.3 Å². The van der Waals surface area contributed by atoms with E-state index in [1.54, 1.807) is 6.07 Å². The van der Waals surface area contributed by atoms with Crippen molar-refractivity contribution in [3.63, 3.8) is 0 Å². The predicted octanol–water partition coefficient (Wildman–Crippen LogP) is 1.48. The number of halogens is 2. The molecule has 1 aromatic rings. The molecule has 0 aromatic heterocycles. The van der Waals surface area contributed by atoms with Gasteiger partial charge in [0, 0.05) is 11.3 Å². The van der Waals surface area contributed by atoms with Crippen molar-refractivity contribution in [3.8, 4) is 6.07 Å². The molecule has 1 aromatic carbocycles. The molecule has 2 aliphatic heterocycles. The molecule has 0 N–H and O–H groups in total. The minimum atomic E-state index is -3.28. The first-order valence-corrected chi connectivity index (χ1v) is 9.60. The minimum absolute atomic E-state index is 0.0444. The van der Waals surface area contributed by atoms with E-state index in [-0.39, 0.29) is 22.4 Å². The van der Waals surface area contributed by atoms with Crippen LogP contribution < -0.4 is 4.90 Å². The van der Waals surface area contributed by atoms with Crippen LogP contribution in [0.15, 0.2) is 23.2 Å². The molecule has 2 fully saturated rings. The van der Waals surface area contributed by atoms with Crippen molar-refractivity contribution in [1.82, 2.24) is 0 Å². The molecular weight excluding hydrogens is 360 g/mol. The third-order valence-electron chi connectivity index (χ3n) is 3.69. The summed E-state index contributed by atoms with van der Waals surface area (Å²) in [4.78, 5) is 16.8. The van der Waals surface area contributed by atoms with Gasteiger partial charge in [-0.3, -0.25) is 4.79 Å². The topological polar surface area (TPSA) is 90.6 Å². The summed E-state index contributed by atoms with van der Waals surface area (Å²) >= 11 is 1.06. The van der Waals surface area contributed by atoms with Gasteiger partial charge in [-0.15, -0.1) is 0 Å². The second kappa shape index (κ2) is 6.14. The van der Waals surface area contributed by atoms with E-state index in [2.05, 4.69) is 4.99 Å². The van der Waals surface area contributed by atoms with Crippen molar-refractivity contribution in [3.05, 3.63) is 29.8 Å². The molecular formula is C14H11F2N3O3S2.